The highest BCUT2D eigenvalue weighted by molar-refractivity contribution is 8.00. The molecule has 1 N–H and O–H groups in total. The number of amides is 1. The molecule has 28 heavy (non-hydrogen) atoms. The van der Waals surface area contributed by atoms with E-state index in [1.807, 2.05) is 89.5 Å². The van der Waals surface area contributed by atoms with Crippen LogP contribution >= 0.6 is 11.8 Å². The van der Waals surface area contributed by atoms with Gasteiger partial charge in [0.05, 0.1) is 0 Å². The number of nitrogens with one attached hydrogen (secondary N) is 1. The average Bonchev–Trinajstić information content (AvgIpc) is 3.16. The fourth-order valence-electron chi connectivity index (χ4n) is 2.99. The Morgan fingerprint density at radius 2 is 1.64 bits per heavy atom. The van der Waals surface area contributed by atoms with Gasteiger partial charge in [0.2, 0.25) is 5.91 Å². The minimum Gasteiger partial charge on any atom is -0.354 e. The predicted molar refractivity (Wildman–Crippen MR) is 111 cm³/mol. The number of pyridine rings is 1. The van der Waals surface area contributed by atoms with E-state index >= 15 is 0 Å². The van der Waals surface area contributed by atoms with E-state index in [9.17, 15) is 4.79 Å². The van der Waals surface area contributed by atoms with Crippen molar-refractivity contribution in [2.45, 2.75) is 16.6 Å². The maximum absolute atomic E-state index is 13.0. The topological polar surface area (TPSA) is 59.3 Å². The number of thioether (sulfide) groups is 1. The number of carbonyl (C=O) groups excluding carboxylic acids is 1. The molecule has 0 saturated carbocycles. The van der Waals surface area contributed by atoms with Crippen molar-refractivity contribution < 1.29 is 4.79 Å². The van der Waals surface area contributed by atoms with Crippen LogP contribution in [0, 0.1) is 0 Å². The van der Waals surface area contributed by atoms with Crippen LogP contribution in [0.1, 0.15) is 16.6 Å². The van der Waals surface area contributed by atoms with Gasteiger partial charge in [0, 0.05) is 24.1 Å². The van der Waals surface area contributed by atoms with Gasteiger partial charge in [-0.05, 0) is 29.8 Å². The summed E-state index contributed by atoms with van der Waals surface area (Å²) in [6, 6.07) is 25.7. The first kappa shape index (κ1) is 18.3. The summed E-state index contributed by atoms with van der Waals surface area (Å²) >= 11 is 1.56. The smallest absolute Gasteiger partial charge is 0.238 e. The lowest BCUT2D eigenvalue weighted by Gasteiger charge is -2.17. The third-order valence-electron chi connectivity index (χ3n) is 4.37. The van der Waals surface area contributed by atoms with Crippen molar-refractivity contribution in [3.8, 4) is 0 Å². The Kier molecular flexibility index (Phi) is 5.68. The zero-order valence-corrected chi connectivity index (χ0v) is 16.0. The van der Waals surface area contributed by atoms with E-state index in [-0.39, 0.29) is 11.2 Å². The molecule has 1 amide bonds. The maximum atomic E-state index is 13.0. The lowest BCUT2D eigenvalue weighted by Crippen LogP contribution is -2.30. The molecule has 0 saturated heterocycles. The van der Waals surface area contributed by atoms with E-state index in [1.54, 1.807) is 11.8 Å². The summed E-state index contributed by atoms with van der Waals surface area (Å²) in [7, 11) is 0. The Morgan fingerprint density at radius 1 is 0.929 bits per heavy atom. The van der Waals surface area contributed by atoms with E-state index < -0.39 is 0 Å². The molecule has 0 radical (unpaired) electrons. The fraction of sp³-hybridized carbons (Fsp3) is 0.136. The van der Waals surface area contributed by atoms with Crippen LogP contribution in [-0.4, -0.2) is 27.0 Å². The highest BCUT2D eigenvalue weighted by Gasteiger charge is 2.21. The molecule has 4 rings (SSSR count). The number of nitrogens with zero attached hydrogens (tertiary/aromatic N) is 3. The average molecular weight is 388 g/mol. The van der Waals surface area contributed by atoms with Gasteiger partial charge in [-0.3, -0.25) is 9.20 Å². The number of aromatic nitrogens is 3. The van der Waals surface area contributed by atoms with Crippen LogP contribution in [0.15, 0.2) is 90.0 Å². The van der Waals surface area contributed by atoms with E-state index in [2.05, 4.69) is 15.5 Å². The van der Waals surface area contributed by atoms with Crippen molar-refractivity contribution >= 4 is 23.3 Å². The molecule has 140 valence electrons. The van der Waals surface area contributed by atoms with Gasteiger partial charge < -0.3 is 5.32 Å². The fourth-order valence-corrected chi connectivity index (χ4v) is 4.06. The third-order valence-corrected chi connectivity index (χ3v) is 5.64. The number of benzene rings is 2. The lowest BCUT2D eigenvalue weighted by molar-refractivity contribution is -0.120. The normalized spacial score (nSPS) is 12.0. The first-order valence-corrected chi connectivity index (χ1v) is 10.0. The summed E-state index contributed by atoms with van der Waals surface area (Å²) in [5.74, 6) is 0.830. The van der Waals surface area contributed by atoms with Crippen molar-refractivity contribution in [1.29, 1.82) is 0 Å². The summed E-state index contributed by atoms with van der Waals surface area (Å²) in [5, 5.41) is 11.1. The lowest BCUT2D eigenvalue weighted by atomic mass is 10.1. The van der Waals surface area contributed by atoms with Crippen LogP contribution < -0.4 is 5.32 Å². The number of rotatable bonds is 7. The van der Waals surface area contributed by atoms with Crippen LogP contribution in [-0.2, 0) is 11.2 Å². The van der Waals surface area contributed by atoms with Crippen molar-refractivity contribution in [1.82, 2.24) is 19.9 Å². The second-order valence-electron chi connectivity index (χ2n) is 6.31. The van der Waals surface area contributed by atoms with Gasteiger partial charge in [0.1, 0.15) is 11.1 Å². The molecule has 4 aromatic rings. The largest absolute Gasteiger partial charge is 0.354 e. The van der Waals surface area contributed by atoms with Crippen LogP contribution in [0.2, 0.25) is 0 Å². The number of hydrogen-bond donors (Lipinski definition) is 1. The minimum absolute atomic E-state index is 0.00567. The van der Waals surface area contributed by atoms with Gasteiger partial charge in [-0.15, -0.1) is 22.0 Å². The van der Waals surface area contributed by atoms with Crippen LogP contribution in [0.4, 0.5) is 0 Å². The van der Waals surface area contributed by atoms with Crippen LogP contribution in [0.3, 0.4) is 0 Å². The second-order valence-corrected chi connectivity index (χ2v) is 7.49. The summed E-state index contributed by atoms with van der Waals surface area (Å²) in [6.07, 6.45) is 2.55. The Morgan fingerprint density at radius 3 is 2.43 bits per heavy atom. The first-order valence-electron chi connectivity index (χ1n) is 9.14. The molecule has 0 fully saturated rings. The van der Waals surface area contributed by atoms with Crippen molar-refractivity contribution in [2.24, 2.45) is 0 Å². The highest BCUT2D eigenvalue weighted by atomic mass is 32.2. The van der Waals surface area contributed by atoms with Gasteiger partial charge in [0.15, 0.2) is 5.65 Å². The number of fused-ring (bicyclic) bond motifs is 1. The number of carbonyl (C=O) groups is 1. The Labute approximate surface area is 167 Å². The molecule has 2 heterocycles. The standard InChI is InChI=1S/C22H20N4OS/c27-22(23-15-14-20-25-24-19-13-7-8-16-26(19)20)21(17-9-3-1-4-10-17)28-18-11-5-2-6-12-18/h1-13,16,21H,14-15H2,(H,23,27). The van der Waals surface area contributed by atoms with E-state index in [4.69, 9.17) is 0 Å². The maximum Gasteiger partial charge on any atom is 0.238 e. The molecule has 1 atom stereocenters. The zero-order valence-electron chi connectivity index (χ0n) is 15.2. The quantitative estimate of drug-likeness (QED) is 0.488. The van der Waals surface area contributed by atoms with Gasteiger partial charge in [-0.2, -0.15) is 0 Å². The summed E-state index contributed by atoms with van der Waals surface area (Å²) in [5.41, 5.74) is 1.80. The molecule has 0 aliphatic carbocycles. The molecule has 5 nitrogen and oxygen atoms in total. The van der Waals surface area contributed by atoms with Crippen molar-refractivity contribution in [3.05, 3.63) is 96.4 Å². The molecule has 0 spiro atoms. The zero-order chi connectivity index (χ0) is 19.2. The number of hydrogen-bond acceptors (Lipinski definition) is 4. The van der Waals surface area contributed by atoms with Gasteiger partial charge in [-0.1, -0.05) is 54.6 Å². The molecular formula is C22H20N4OS. The van der Waals surface area contributed by atoms with Crippen LogP contribution in [0.25, 0.3) is 5.65 Å². The first-order chi connectivity index (χ1) is 13.8. The summed E-state index contributed by atoms with van der Waals surface area (Å²) in [6.45, 7) is 0.507. The van der Waals surface area contributed by atoms with E-state index in [0.717, 1.165) is 21.9 Å². The minimum atomic E-state index is -0.307. The summed E-state index contributed by atoms with van der Waals surface area (Å²) in [4.78, 5) is 14.0. The SMILES string of the molecule is O=C(NCCc1nnc2ccccn12)C(Sc1ccccc1)c1ccccc1. The van der Waals surface area contributed by atoms with E-state index in [0.29, 0.717) is 13.0 Å². The summed E-state index contributed by atoms with van der Waals surface area (Å²) < 4.78 is 1.94. The molecule has 0 aliphatic rings. The Balaban J connectivity index is 1.45. The Bertz CT molecular complexity index is 1050. The third kappa shape index (κ3) is 4.23. The van der Waals surface area contributed by atoms with Gasteiger partial charge in [0.25, 0.3) is 0 Å². The van der Waals surface area contributed by atoms with Crippen LogP contribution in [0.5, 0.6) is 0 Å². The van der Waals surface area contributed by atoms with Crippen molar-refractivity contribution in [2.75, 3.05) is 6.54 Å². The molecular weight excluding hydrogens is 368 g/mol. The molecule has 0 bridgehead atoms. The van der Waals surface area contributed by atoms with Gasteiger partial charge >= 0.3 is 0 Å². The molecule has 1 unspecified atom stereocenters. The molecule has 2 aromatic heterocycles. The molecule has 2 aromatic carbocycles. The van der Waals surface area contributed by atoms with Gasteiger partial charge in [-0.25, -0.2) is 0 Å². The van der Waals surface area contributed by atoms with Crippen molar-refractivity contribution in [3.63, 3.8) is 0 Å². The Hall–Kier alpha value is -3.12. The monoisotopic (exact) mass is 388 g/mol. The van der Waals surface area contributed by atoms with E-state index in [1.165, 1.54) is 0 Å². The second kappa shape index (κ2) is 8.71. The predicted octanol–water partition coefficient (Wildman–Crippen LogP) is 3.92. The molecule has 6 heteroatoms. The molecule has 0 aliphatic heterocycles. The highest BCUT2D eigenvalue weighted by Crippen LogP contribution is 2.35.